The number of hydrogen-bond acceptors (Lipinski definition) is 3. The number of rotatable bonds is 3. The second kappa shape index (κ2) is 6.48. The van der Waals surface area contributed by atoms with Gasteiger partial charge in [-0.1, -0.05) is 18.2 Å². The predicted octanol–water partition coefficient (Wildman–Crippen LogP) is 4.71. The van der Waals surface area contributed by atoms with Crippen LogP contribution in [0.3, 0.4) is 0 Å². The van der Waals surface area contributed by atoms with Crippen LogP contribution >= 0.6 is 0 Å². The number of benzene rings is 3. The van der Waals surface area contributed by atoms with E-state index in [1.54, 1.807) is 6.21 Å². The summed E-state index contributed by atoms with van der Waals surface area (Å²) < 4.78 is 0.898. The van der Waals surface area contributed by atoms with Crippen molar-refractivity contribution in [2.75, 3.05) is 19.0 Å². The summed E-state index contributed by atoms with van der Waals surface area (Å²) in [5.41, 5.74) is 4.41. The van der Waals surface area contributed by atoms with Crippen LogP contribution in [-0.2, 0) is 0 Å². The van der Waals surface area contributed by atoms with Crippen LogP contribution < -0.4 is 4.90 Å². The fourth-order valence-corrected chi connectivity index (χ4v) is 2.99. The lowest BCUT2D eigenvalue weighted by molar-refractivity contribution is -0.354. The molecule has 0 amide bonds. The molecule has 0 atom stereocenters. The predicted molar refractivity (Wildman–Crippen MR) is 108 cm³/mol. The van der Waals surface area contributed by atoms with Gasteiger partial charge in [0.2, 0.25) is 5.69 Å². The Morgan fingerprint density at radius 1 is 0.846 bits per heavy atom. The Kier molecular flexibility index (Phi) is 4.01. The number of hydrogen-bond donors (Lipinski definition) is 0. The fourth-order valence-electron chi connectivity index (χ4n) is 2.99. The lowest BCUT2D eigenvalue weighted by atomic mass is 10.1. The van der Waals surface area contributed by atoms with Crippen molar-refractivity contribution in [2.45, 2.75) is 0 Å². The highest BCUT2D eigenvalue weighted by Crippen LogP contribution is 2.21. The summed E-state index contributed by atoms with van der Waals surface area (Å²) in [6, 6.07) is 23.5. The summed E-state index contributed by atoms with van der Waals surface area (Å²) in [5.74, 6) is 0. The first-order valence-corrected chi connectivity index (χ1v) is 8.48. The van der Waals surface area contributed by atoms with Crippen LogP contribution in [0.1, 0.15) is 5.56 Å². The molecule has 4 rings (SSSR count). The van der Waals surface area contributed by atoms with E-state index < -0.39 is 0 Å². The number of aromatic nitrogens is 1. The Balaban J connectivity index is 1.71. The second-order valence-corrected chi connectivity index (χ2v) is 6.50. The van der Waals surface area contributed by atoms with Crippen molar-refractivity contribution in [2.24, 2.45) is 0 Å². The first-order valence-electron chi connectivity index (χ1n) is 8.48. The highest BCUT2D eigenvalue weighted by atomic mass is 16.5. The minimum atomic E-state index is 0.604. The van der Waals surface area contributed by atoms with Crippen LogP contribution in [0.5, 0.6) is 0 Å². The summed E-state index contributed by atoms with van der Waals surface area (Å²) in [6.45, 7) is 0. The molecule has 0 unspecified atom stereocenters. The zero-order valence-electron chi connectivity index (χ0n) is 14.8. The average Bonchev–Trinajstić information content (AvgIpc) is 2.66. The SMILES string of the molecule is CN(C)c1ccc(/[N+]([O-])=C\c2ccc3nc4ccccc4cc3c2)cc1. The molecule has 0 fully saturated rings. The number of pyridine rings is 1. The summed E-state index contributed by atoms with van der Waals surface area (Å²) in [4.78, 5) is 6.68. The van der Waals surface area contributed by atoms with Gasteiger partial charge in [0, 0.05) is 48.3 Å². The van der Waals surface area contributed by atoms with E-state index in [0.29, 0.717) is 5.69 Å². The van der Waals surface area contributed by atoms with Crippen molar-refractivity contribution < 1.29 is 4.74 Å². The van der Waals surface area contributed by atoms with Crippen molar-refractivity contribution in [3.63, 3.8) is 0 Å². The molecule has 0 N–H and O–H groups in total. The van der Waals surface area contributed by atoms with E-state index in [0.717, 1.165) is 37.8 Å². The van der Waals surface area contributed by atoms with Gasteiger partial charge in [-0.15, -0.1) is 0 Å². The van der Waals surface area contributed by atoms with Crippen molar-refractivity contribution in [3.8, 4) is 0 Å². The Labute approximate surface area is 152 Å². The highest BCUT2D eigenvalue weighted by Gasteiger charge is 2.05. The molecule has 0 radical (unpaired) electrons. The van der Waals surface area contributed by atoms with Gasteiger partial charge in [0.1, 0.15) is 0 Å². The molecule has 0 aliphatic rings. The van der Waals surface area contributed by atoms with Crippen molar-refractivity contribution in [1.29, 1.82) is 0 Å². The third-order valence-corrected chi connectivity index (χ3v) is 4.43. The number of fused-ring (bicyclic) bond motifs is 2. The normalized spacial score (nSPS) is 11.8. The Morgan fingerprint density at radius 2 is 1.58 bits per heavy atom. The zero-order valence-corrected chi connectivity index (χ0v) is 14.8. The third-order valence-electron chi connectivity index (χ3n) is 4.43. The minimum Gasteiger partial charge on any atom is -0.618 e. The van der Waals surface area contributed by atoms with Crippen LogP contribution in [-0.4, -0.2) is 30.0 Å². The minimum absolute atomic E-state index is 0.604. The van der Waals surface area contributed by atoms with Gasteiger partial charge in [0.15, 0.2) is 6.21 Å². The van der Waals surface area contributed by atoms with E-state index in [9.17, 15) is 5.21 Å². The van der Waals surface area contributed by atoms with Crippen molar-refractivity contribution in [1.82, 2.24) is 4.98 Å². The van der Waals surface area contributed by atoms with Gasteiger partial charge in [-0.25, -0.2) is 4.98 Å². The third kappa shape index (κ3) is 3.09. The number of anilines is 1. The quantitative estimate of drug-likeness (QED) is 0.178. The highest BCUT2D eigenvalue weighted by molar-refractivity contribution is 5.95. The Hall–Kier alpha value is -3.40. The molecule has 1 heterocycles. The smallest absolute Gasteiger partial charge is 0.216 e. The lowest BCUT2D eigenvalue weighted by Crippen LogP contribution is -2.08. The van der Waals surface area contributed by atoms with Gasteiger partial charge in [-0.3, -0.25) is 0 Å². The van der Waals surface area contributed by atoms with Crippen LogP contribution in [0.2, 0.25) is 0 Å². The van der Waals surface area contributed by atoms with Crippen LogP contribution in [0, 0.1) is 5.21 Å². The monoisotopic (exact) mass is 341 g/mol. The first-order chi connectivity index (χ1) is 12.6. The fraction of sp³-hybridized carbons (Fsp3) is 0.0909. The summed E-state index contributed by atoms with van der Waals surface area (Å²) in [6.07, 6.45) is 1.60. The van der Waals surface area contributed by atoms with E-state index in [1.807, 2.05) is 85.7 Å². The van der Waals surface area contributed by atoms with Crippen LogP contribution in [0.4, 0.5) is 11.4 Å². The topological polar surface area (TPSA) is 42.2 Å². The standard InChI is InChI=1S/C22H19N3O/c1-24(2)19-8-10-20(11-9-19)25(26)15-16-7-12-22-18(13-16)14-17-5-3-4-6-21(17)23-22/h3-15H,1-2H3/b25-15+. The first kappa shape index (κ1) is 16.1. The lowest BCUT2D eigenvalue weighted by Gasteiger charge is -2.12. The maximum absolute atomic E-state index is 12.5. The van der Waals surface area contributed by atoms with E-state index in [-0.39, 0.29) is 0 Å². The Morgan fingerprint density at radius 3 is 2.35 bits per heavy atom. The molecule has 26 heavy (non-hydrogen) atoms. The van der Waals surface area contributed by atoms with E-state index in [4.69, 9.17) is 0 Å². The summed E-state index contributed by atoms with van der Waals surface area (Å²) >= 11 is 0. The van der Waals surface area contributed by atoms with Gasteiger partial charge >= 0.3 is 0 Å². The van der Waals surface area contributed by atoms with E-state index in [2.05, 4.69) is 11.1 Å². The number of nitrogens with zero attached hydrogens (tertiary/aromatic N) is 3. The van der Waals surface area contributed by atoms with Gasteiger partial charge in [-0.2, -0.15) is 4.74 Å². The molecule has 128 valence electrons. The molecule has 3 aromatic carbocycles. The molecule has 4 aromatic rings. The van der Waals surface area contributed by atoms with E-state index in [1.165, 1.54) is 0 Å². The maximum atomic E-state index is 12.5. The average molecular weight is 341 g/mol. The summed E-state index contributed by atoms with van der Waals surface area (Å²) in [7, 11) is 3.95. The van der Waals surface area contributed by atoms with E-state index >= 15 is 0 Å². The maximum Gasteiger partial charge on any atom is 0.216 e. The van der Waals surface area contributed by atoms with Crippen LogP contribution in [0.15, 0.2) is 72.8 Å². The Bertz CT molecular complexity index is 1120. The molecule has 4 nitrogen and oxygen atoms in total. The van der Waals surface area contributed by atoms with Gasteiger partial charge < -0.3 is 10.1 Å². The molecule has 1 aromatic heterocycles. The molecule has 4 heteroatoms. The number of para-hydroxylation sites is 1. The molecule has 0 bridgehead atoms. The molecular formula is C22H19N3O. The summed E-state index contributed by atoms with van der Waals surface area (Å²) in [5, 5.41) is 14.6. The van der Waals surface area contributed by atoms with Gasteiger partial charge in [0.05, 0.1) is 11.0 Å². The molecule has 0 aliphatic heterocycles. The molecule has 0 spiro atoms. The largest absolute Gasteiger partial charge is 0.618 e. The van der Waals surface area contributed by atoms with Gasteiger partial charge in [-0.05, 0) is 42.5 Å². The van der Waals surface area contributed by atoms with Crippen LogP contribution in [0.25, 0.3) is 21.8 Å². The molecular weight excluding hydrogens is 322 g/mol. The van der Waals surface area contributed by atoms with Gasteiger partial charge in [0.25, 0.3) is 0 Å². The molecule has 0 aliphatic carbocycles. The molecule has 0 saturated heterocycles. The molecule has 0 saturated carbocycles. The van der Waals surface area contributed by atoms with Crippen molar-refractivity contribution >= 4 is 39.4 Å². The second-order valence-electron chi connectivity index (χ2n) is 6.50. The zero-order chi connectivity index (χ0) is 18.1. The van der Waals surface area contributed by atoms with Crippen molar-refractivity contribution in [3.05, 3.63) is 83.6 Å².